The van der Waals surface area contributed by atoms with Crippen molar-refractivity contribution >= 4 is 56.1 Å². The van der Waals surface area contributed by atoms with Gasteiger partial charge in [0.2, 0.25) is 0 Å². The highest BCUT2D eigenvalue weighted by molar-refractivity contribution is 7.94. The molecule has 1 aromatic carbocycles. The summed E-state index contributed by atoms with van der Waals surface area (Å²) in [5.74, 6) is -0.242. The molecular formula is C11H9Cl2N3O3S2. The summed E-state index contributed by atoms with van der Waals surface area (Å²) in [6, 6.07) is 7.15. The maximum Gasteiger partial charge on any atom is 0.271 e. The Bertz CT molecular complexity index is 803. The van der Waals surface area contributed by atoms with Gasteiger partial charge in [-0.3, -0.25) is 4.72 Å². The fourth-order valence-electron chi connectivity index (χ4n) is 1.52. The van der Waals surface area contributed by atoms with E-state index in [2.05, 4.69) is 9.88 Å². The van der Waals surface area contributed by atoms with Gasteiger partial charge in [0.25, 0.3) is 10.0 Å². The van der Waals surface area contributed by atoms with Gasteiger partial charge in [0.15, 0.2) is 5.84 Å². The molecule has 0 aliphatic carbocycles. The van der Waals surface area contributed by atoms with Crippen molar-refractivity contribution in [2.24, 2.45) is 10.9 Å². The summed E-state index contributed by atoms with van der Waals surface area (Å²) in [4.78, 5) is 0. The van der Waals surface area contributed by atoms with Crippen molar-refractivity contribution in [3.05, 3.63) is 45.3 Å². The topological polar surface area (TPSA) is 105 Å². The molecule has 1 heterocycles. The van der Waals surface area contributed by atoms with Crippen LogP contribution in [0.25, 0.3) is 0 Å². The van der Waals surface area contributed by atoms with Crippen LogP contribution in [0.1, 0.15) is 5.56 Å². The highest BCUT2D eigenvalue weighted by Gasteiger charge is 2.19. The Morgan fingerprint density at radius 2 is 2.00 bits per heavy atom. The second-order valence-corrected chi connectivity index (χ2v) is 7.90. The molecule has 0 aliphatic rings. The average molecular weight is 366 g/mol. The normalized spacial score (nSPS) is 12.4. The van der Waals surface area contributed by atoms with Gasteiger partial charge in [-0.2, -0.15) is 0 Å². The van der Waals surface area contributed by atoms with Gasteiger partial charge in [-0.1, -0.05) is 28.4 Å². The molecule has 21 heavy (non-hydrogen) atoms. The van der Waals surface area contributed by atoms with Crippen LogP contribution in [0.2, 0.25) is 9.36 Å². The zero-order chi connectivity index (χ0) is 15.6. The molecule has 0 radical (unpaired) electrons. The molecule has 2 aromatic rings. The Balaban J connectivity index is 2.46. The largest absolute Gasteiger partial charge is 0.409 e. The second-order valence-electron chi connectivity index (χ2n) is 3.84. The molecule has 1 aromatic heterocycles. The van der Waals surface area contributed by atoms with E-state index in [1.807, 2.05) is 0 Å². The van der Waals surface area contributed by atoms with Crippen molar-refractivity contribution in [3.8, 4) is 0 Å². The number of anilines is 1. The third-order valence-electron chi connectivity index (χ3n) is 2.42. The average Bonchev–Trinajstić information content (AvgIpc) is 2.85. The van der Waals surface area contributed by atoms with Crippen LogP contribution >= 0.6 is 34.5 Å². The van der Waals surface area contributed by atoms with Crippen molar-refractivity contribution in [1.82, 2.24) is 0 Å². The second kappa shape index (κ2) is 6.10. The first-order chi connectivity index (χ1) is 9.83. The predicted molar refractivity (Wildman–Crippen MR) is 84.1 cm³/mol. The Morgan fingerprint density at radius 3 is 2.57 bits per heavy atom. The number of amidine groups is 1. The van der Waals surface area contributed by atoms with Crippen LogP contribution in [0.15, 0.2) is 39.7 Å². The van der Waals surface area contributed by atoms with Crippen LogP contribution in [-0.2, 0) is 10.0 Å². The van der Waals surface area contributed by atoms with E-state index in [4.69, 9.17) is 34.1 Å². The molecule has 0 saturated heterocycles. The zero-order valence-electron chi connectivity index (χ0n) is 10.2. The fraction of sp³-hybridized carbons (Fsp3) is 0. The summed E-state index contributed by atoms with van der Waals surface area (Å²) in [5, 5.41) is 11.9. The van der Waals surface area contributed by atoms with Crippen LogP contribution in [0.3, 0.4) is 0 Å². The molecule has 6 nitrogen and oxygen atoms in total. The lowest BCUT2D eigenvalue weighted by atomic mass is 10.1. The number of nitrogens with one attached hydrogen (secondary N) is 1. The number of rotatable bonds is 4. The molecule has 0 fully saturated rings. The summed E-state index contributed by atoms with van der Waals surface area (Å²) in [7, 11) is -3.84. The minimum atomic E-state index is -3.84. The molecule has 2 rings (SSSR count). The fourth-order valence-corrected chi connectivity index (χ4v) is 4.24. The van der Waals surface area contributed by atoms with Crippen LogP contribution in [0.5, 0.6) is 0 Å². The number of nitrogens with zero attached hydrogens (tertiary/aromatic N) is 1. The lowest BCUT2D eigenvalue weighted by Crippen LogP contribution is -2.19. The molecule has 0 unspecified atom stereocenters. The van der Waals surface area contributed by atoms with E-state index in [9.17, 15) is 8.42 Å². The quantitative estimate of drug-likeness (QED) is 0.335. The SMILES string of the molecule is NC(=NO)c1ccc(Cl)cc1NS(=O)(=O)c1ccc(Cl)s1. The first-order valence-electron chi connectivity index (χ1n) is 5.39. The molecule has 10 heteroatoms. The Hall–Kier alpha value is -1.48. The zero-order valence-corrected chi connectivity index (χ0v) is 13.4. The van der Waals surface area contributed by atoms with Gasteiger partial charge in [0.1, 0.15) is 4.21 Å². The Morgan fingerprint density at radius 1 is 1.29 bits per heavy atom. The summed E-state index contributed by atoms with van der Waals surface area (Å²) in [5.41, 5.74) is 5.81. The molecular weight excluding hydrogens is 357 g/mol. The molecule has 0 aliphatic heterocycles. The molecule has 0 spiro atoms. The van der Waals surface area contributed by atoms with Crippen molar-refractivity contribution in [1.29, 1.82) is 0 Å². The van der Waals surface area contributed by atoms with Crippen LogP contribution in [0, 0.1) is 0 Å². The summed E-state index contributed by atoms with van der Waals surface area (Å²) in [6.07, 6.45) is 0. The van der Waals surface area contributed by atoms with Gasteiger partial charge in [-0.15, -0.1) is 11.3 Å². The highest BCUT2D eigenvalue weighted by Crippen LogP contribution is 2.29. The summed E-state index contributed by atoms with van der Waals surface area (Å²) >= 11 is 12.5. The molecule has 0 amide bonds. The standard InChI is InChI=1S/C11H9Cl2N3O3S2/c12-6-1-2-7(11(14)15-17)8(5-6)16-21(18,19)10-4-3-9(13)20-10/h1-5,16-17H,(H2,14,15). The van der Waals surface area contributed by atoms with Crippen LogP contribution in [-0.4, -0.2) is 19.5 Å². The lowest BCUT2D eigenvalue weighted by molar-refractivity contribution is 0.318. The number of thiophene rings is 1. The van der Waals surface area contributed by atoms with E-state index in [-0.39, 0.29) is 21.3 Å². The summed E-state index contributed by atoms with van der Waals surface area (Å²) < 4.78 is 27.2. The Labute approximate surface area is 134 Å². The number of halogens is 2. The monoisotopic (exact) mass is 365 g/mol. The lowest BCUT2D eigenvalue weighted by Gasteiger charge is -2.11. The van der Waals surface area contributed by atoms with E-state index >= 15 is 0 Å². The number of hydrogen-bond acceptors (Lipinski definition) is 5. The van der Waals surface area contributed by atoms with Gasteiger partial charge in [0, 0.05) is 10.6 Å². The van der Waals surface area contributed by atoms with E-state index in [1.54, 1.807) is 0 Å². The summed E-state index contributed by atoms with van der Waals surface area (Å²) in [6.45, 7) is 0. The minimum absolute atomic E-state index is 0.0398. The first kappa shape index (κ1) is 15.9. The molecule has 112 valence electrons. The van der Waals surface area contributed by atoms with Crippen molar-refractivity contribution in [2.45, 2.75) is 4.21 Å². The van der Waals surface area contributed by atoms with Crippen LogP contribution in [0.4, 0.5) is 5.69 Å². The number of nitrogens with two attached hydrogens (primary N) is 1. The van der Waals surface area contributed by atoms with E-state index in [1.165, 1.54) is 30.3 Å². The predicted octanol–water partition coefficient (Wildman–Crippen LogP) is 2.95. The molecule has 4 N–H and O–H groups in total. The number of benzene rings is 1. The van der Waals surface area contributed by atoms with E-state index in [0.717, 1.165) is 11.3 Å². The number of sulfonamides is 1. The van der Waals surface area contributed by atoms with Gasteiger partial charge < -0.3 is 10.9 Å². The highest BCUT2D eigenvalue weighted by atomic mass is 35.5. The Kier molecular flexibility index (Phi) is 4.62. The van der Waals surface area contributed by atoms with Crippen LogP contribution < -0.4 is 10.5 Å². The smallest absolute Gasteiger partial charge is 0.271 e. The van der Waals surface area contributed by atoms with Gasteiger partial charge in [-0.25, -0.2) is 8.42 Å². The van der Waals surface area contributed by atoms with Gasteiger partial charge in [0.05, 0.1) is 10.0 Å². The van der Waals surface area contributed by atoms with Gasteiger partial charge in [-0.05, 0) is 30.3 Å². The van der Waals surface area contributed by atoms with E-state index < -0.39 is 10.0 Å². The maximum absolute atomic E-state index is 12.2. The molecule has 0 saturated carbocycles. The van der Waals surface area contributed by atoms with Crippen molar-refractivity contribution < 1.29 is 13.6 Å². The number of hydrogen-bond donors (Lipinski definition) is 3. The number of oxime groups is 1. The van der Waals surface area contributed by atoms with Crippen molar-refractivity contribution in [2.75, 3.05) is 4.72 Å². The first-order valence-corrected chi connectivity index (χ1v) is 8.44. The third kappa shape index (κ3) is 3.59. The van der Waals surface area contributed by atoms with E-state index in [0.29, 0.717) is 9.36 Å². The van der Waals surface area contributed by atoms with Crippen molar-refractivity contribution in [3.63, 3.8) is 0 Å². The molecule has 0 atom stereocenters. The third-order valence-corrected chi connectivity index (χ3v) is 5.75. The van der Waals surface area contributed by atoms with Gasteiger partial charge >= 0.3 is 0 Å². The maximum atomic E-state index is 12.2. The minimum Gasteiger partial charge on any atom is -0.409 e. The molecule has 0 bridgehead atoms.